The highest BCUT2D eigenvalue weighted by atomic mass is 35.5. The van der Waals surface area contributed by atoms with E-state index in [1.807, 2.05) is 0 Å². The van der Waals surface area contributed by atoms with E-state index < -0.39 is 17.0 Å². The zero-order chi connectivity index (χ0) is 14.9. The number of benzene rings is 1. The van der Waals surface area contributed by atoms with Crippen molar-refractivity contribution in [2.24, 2.45) is 0 Å². The number of non-ortho nitro benzene ring substituents is 1. The maximum atomic E-state index is 10.6. The monoisotopic (exact) mass is 318 g/mol. The van der Waals surface area contributed by atoms with Crippen molar-refractivity contribution in [2.45, 2.75) is 0 Å². The van der Waals surface area contributed by atoms with Gasteiger partial charge in [-0.2, -0.15) is 4.98 Å². The van der Waals surface area contributed by atoms with Crippen LogP contribution in [0.5, 0.6) is 11.8 Å². The van der Waals surface area contributed by atoms with Crippen LogP contribution in [0, 0.1) is 10.1 Å². The summed E-state index contributed by atoms with van der Waals surface area (Å²) in [5.74, 6) is -1.43. The number of hydrogen-bond acceptors (Lipinski definition) is 6. The van der Waals surface area contributed by atoms with Crippen LogP contribution < -0.4 is 4.74 Å². The van der Waals surface area contributed by atoms with Crippen molar-refractivity contribution in [1.82, 2.24) is 4.98 Å². The van der Waals surface area contributed by atoms with Gasteiger partial charge in [0.2, 0.25) is 0 Å². The Morgan fingerprint density at radius 2 is 2.00 bits per heavy atom. The number of ether oxygens (including phenoxy) is 1. The van der Waals surface area contributed by atoms with Gasteiger partial charge >= 0.3 is 12.0 Å². The van der Waals surface area contributed by atoms with Crippen LogP contribution in [0.1, 0.15) is 10.5 Å². The van der Waals surface area contributed by atoms with Crippen molar-refractivity contribution >= 4 is 34.9 Å². The van der Waals surface area contributed by atoms with Gasteiger partial charge in [-0.15, -0.1) is 0 Å². The third-order valence-electron chi connectivity index (χ3n) is 2.09. The summed E-state index contributed by atoms with van der Waals surface area (Å²) < 4.78 is 9.83. The molecule has 0 radical (unpaired) electrons. The number of carboxylic acid groups (broad SMARTS) is 1. The molecular weight excluding hydrogens is 315 g/mol. The molecule has 104 valence electrons. The fraction of sp³-hybridized carbons (Fsp3) is 0. The number of nitro benzene ring substituents is 1. The van der Waals surface area contributed by atoms with Crippen LogP contribution in [0.25, 0.3) is 0 Å². The van der Waals surface area contributed by atoms with Crippen molar-refractivity contribution in [1.29, 1.82) is 0 Å². The van der Waals surface area contributed by atoms with Crippen LogP contribution in [-0.4, -0.2) is 21.0 Å². The van der Waals surface area contributed by atoms with Crippen LogP contribution in [0.2, 0.25) is 10.0 Å². The molecule has 0 aliphatic carbocycles. The van der Waals surface area contributed by atoms with Crippen molar-refractivity contribution in [2.75, 3.05) is 0 Å². The van der Waals surface area contributed by atoms with E-state index >= 15 is 0 Å². The number of halogens is 2. The molecule has 1 aromatic carbocycles. The van der Waals surface area contributed by atoms with E-state index in [-0.39, 0.29) is 27.2 Å². The minimum atomic E-state index is -1.30. The maximum Gasteiger partial charge on any atom is 0.400 e. The van der Waals surface area contributed by atoms with Crippen molar-refractivity contribution in [3.05, 3.63) is 44.2 Å². The van der Waals surface area contributed by atoms with E-state index in [4.69, 9.17) is 37.5 Å². The van der Waals surface area contributed by atoms with Crippen LogP contribution >= 0.6 is 23.2 Å². The smallest absolute Gasteiger partial charge is 0.400 e. The Bertz CT molecular complexity index is 676. The lowest BCUT2D eigenvalue weighted by Crippen LogP contribution is -1.96. The highest BCUT2D eigenvalue weighted by Crippen LogP contribution is 2.39. The van der Waals surface area contributed by atoms with E-state index in [2.05, 4.69) is 4.98 Å². The SMILES string of the molecule is O=C(O)c1coc(Oc2c(Cl)cc([N+](=O)[O-])cc2Cl)n1. The van der Waals surface area contributed by atoms with E-state index in [1.165, 1.54) is 0 Å². The van der Waals surface area contributed by atoms with E-state index in [0.717, 1.165) is 18.4 Å². The van der Waals surface area contributed by atoms with Gasteiger partial charge in [0.1, 0.15) is 6.26 Å². The van der Waals surface area contributed by atoms with Crippen molar-refractivity contribution in [3.63, 3.8) is 0 Å². The lowest BCUT2D eigenvalue weighted by atomic mass is 10.3. The minimum absolute atomic E-state index is 0.127. The molecule has 0 aliphatic rings. The summed E-state index contributed by atoms with van der Waals surface area (Å²) in [5, 5.41) is 19.0. The van der Waals surface area contributed by atoms with E-state index in [1.54, 1.807) is 0 Å². The quantitative estimate of drug-likeness (QED) is 0.678. The van der Waals surface area contributed by atoms with Gasteiger partial charge < -0.3 is 14.3 Å². The molecule has 10 heteroatoms. The fourth-order valence-corrected chi connectivity index (χ4v) is 1.79. The Morgan fingerprint density at radius 3 is 2.45 bits per heavy atom. The first-order valence-electron chi connectivity index (χ1n) is 4.88. The van der Waals surface area contributed by atoms with Crippen LogP contribution in [-0.2, 0) is 0 Å². The summed E-state index contributed by atoms with van der Waals surface area (Å²) in [6.45, 7) is 0. The molecule has 1 N–H and O–H groups in total. The van der Waals surface area contributed by atoms with Gasteiger partial charge in [-0.3, -0.25) is 10.1 Å². The van der Waals surface area contributed by atoms with Gasteiger partial charge in [-0.05, 0) is 0 Å². The number of aromatic carboxylic acids is 1. The van der Waals surface area contributed by atoms with Crippen molar-refractivity contribution in [3.8, 4) is 11.8 Å². The summed E-state index contributed by atoms with van der Waals surface area (Å²) in [6, 6.07) is 2.06. The summed E-state index contributed by atoms with van der Waals surface area (Å²) >= 11 is 11.6. The zero-order valence-electron chi connectivity index (χ0n) is 9.37. The Morgan fingerprint density at radius 1 is 1.40 bits per heavy atom. The second-order valence-corrected chi connectivity index (χ2v) is 4.22. The fourth-order valence-electron chi connectivity index (χ4n) is 1.24. The number of rotatable bonds is 4. The molecule has 1 heterocycles. The number of hydrogen-bond donors (Lipinski definition) is 1. The Kier molecular flexibility index (Phi) is 3.77. The first kappa shape index (κ1) is 14.1. The largest absolute Gasteiger partial charge is 0.476 e. The maximum absolute atomic E-state index is 10.6. The molecule has 0 spiro atoms. The number of aromatic nitrogens is 1. The molecule has 0 aliphatic heterocycles. The number of carboxylic acids is 1. The molecule has 1 aromatic heterocycles. The second kappa shape index (κ2) is 5.35. The second-order valence-electron chi connectivity index (χ2n) is 3.40. The predicted octanol–water partition coefficient (Wildman–Crippen LogP) is 3.38. The zero-order valence-corrected chi connectivity index (χ0v) is 10.9. The van der Waals surface area contributed by atoms with Crippen LogP contribution in [0.3, 0.4) is 0 Å². The Hall–Kier alpha value is -2.32. The summed E-state index contributed by atoms with van der Waals surface area (Å²) in [4.78, 5) is 24.1. The number of nitro groups is 1. The average Bonchev–Trinajstić information content (AvgIpc) is 2.82. The van der Waals surface area contributed by atoms with Gasteiger partial charge in [0.25, 0.3) is 5.69 Å². The molecule has 20 heavy (non-hydrogen) atoms. The molecule has 0 fully saturated rings. The van der Waals surface area contributed by atoms with E-state index in [0.29, 0.717) is 0 Å². The van der Waals surface area contributed by atoms with Gasteiger partial charge in [-0.25, -0.2) is 4.79 Å². The molecule has 0 atom stereocenters. The highest BCUT2D eigenvalue weighted by Gasteiger charge is 2.19. The Labute approximate surface area is 120 Å². The van der Waals surface area contributed by atoms with Crippen molar-refractivity contribution < 1.29 is 24.0 Å². The summed E-state index contributed by atoms with van der Waals surface area (Å²) in [6.07, 6.45) is 0.463. The molecule has 8 nitrogen and oxygen atoms in total. The minimum Gasteiger partial charge on any atom is -0.476 e. The van der Waals surface area contributed by atoms with Crippen LogP contribution in [0.15, 0.2) is 22.8 Å². The van der Waals surface area contributed by atoms with Crippen LogP contribution in [0.4, 0.5) is 5.69 Å². The molecule has 2 rings (SSSR count). The van der Waals surface area contributed by atoms with Gasteiger partial charge in [0.15, 0.2) is 11.4 Å². The molecular formula is C10H4Cl2N2O6. The van der Waals surface area contributed by atoms with Gasteiger partial charge in [0, 0.05) is 12.1 Å². The third-order valence-corrected chi connectivity index (χ3v) is 2.65. The summed E-state index contributed by atoms with van der Waals surface area (Å²) in [5.41, 5.74) is -0.680. The molecule has 0 saturated carbocycles. The van der Waals surface area contributed by atoms with Gasteiger partial charge in [-0.1, -0.05) is 23.2 Å². The average molecular weight is 319 g/mol. The lowest BCUT2D eigenvalue weighted by Gasteiger charge is -2.05. The first-order chi connectivity index (χ1) is 9.38. The van der Waals surface area contributed by atoms with E-state index in [9.17, 15) is 14.9 Å². The molecule has 0 amide bonds. The molecule has 0 unspecified atom stereocenters. The molecule has 0 saturated heterocycles. The van der Waals surface area contributed by atoms with Gasteiger partial charge in [0.05, 0.1) is 15.0 Å². The topological polar surface area (TPSA) is 116 Å². The summed E-state index contributed by atoms with van der Waals surface area (Å²) in [7, 11) is 0. The highest BCUT2D eigenvalue weighted by molar-refractivity contribution is 6.37. The molecule has 2 aromatic rings. The first-order valence-corrected chi connectivity index (χ1v) is 5.64. The number of carbonyl (C=O) groups is 1. The predicted molar refractivity (Wildman–Crippen MR) is 66.7 cm³/mol. The number of nitrogens with zero attached hydrogens (tertiary/aromatic N) is 2. The lowest BCUT2D eigenvalue weighted by molar-refractivity contribution is -0.384. The number of oxazole rings is 1. The third kappa shape index (κ3) is 2.81. The molecule has 0 bridgehead atoms. The normalized spacial score (nSPS) is 10.3. The standard InChI is InChI=1S/C10H4Cl2N2O6/c11-5-1-4(14(17)18)2-6(12)8(5)20-10-13-7(3-19-10)9(15)16/h1-3H,(H,15,16). The Balaban J connectivity index is 2.33.